The Bertz CT molecular complexity index is 1280. The number of alkyl halides is 3. The van der Waals surface area contributed by atoms with E-state index in [2.05, 4.69) is 32.0 Å². The van der Waals surface area contributed by atoms with Crippen LogP contribution in [0.15, 0.2) is 35.6 Å². The van der Waals surface area contributed by atoms with Gasteiger partial charge in [0.25, 0.3) is 10.0 Å². The van der Waals surface area contributed by atoms with E-state index in [0.717, 1.165) is 36.9 Å². The van der Waals surface area contributed by atoms with Crippen molar-refractivity contribution in [3.8, 4) is 11.1 Å². The summed E-state index contributed by atoms with van der Waals surface area (Å²) in [5, 5.41) is 7.23. The monoisotopic (exact) mass is 510 g/mol. The van der Waals surface area contributed by atoms with Crippen molar-refractivity contribution in [1.82, 2.24) is 24.3 Å². The molecule has 3 aromatic heterocycles. The fraction of sp³-hybridized carbons (Fsp3) is 0.522. The normalized spacial score (nSPS) is 20.2. The first-order chi connectivity index (χ1) is 16.5. The van der Waals surface area contributed by atoms with Gasteiger partial charge in [-0.05, 0) is 50.9 Å². The zero-order valence-electron chi connectivity index (χ0n) is 19.8. The molecule has 1 aliphatic carbocycles. The average molecular weight is 511 g/mol. The van der Waals surface area contributed by atoms with Gasteiger partial charge in [0.15, 0.2) is 5.03 Å². The second-order valence-corrected chi connectivity index (χ2v) is 11.1. The summed E-state index contributed by atoms with van der Waals surface area (Å²) in [5.41, 5.74) is 3.12. The molecule has 1 aliphatic rings. The second kappa shape index (κ2) is 9.73. The van der Waals surface area contributed by atoms with Gasteiger partial charge >= 0.3 is 6.18 Å². The number of halogens is 3. The highest BCUT2D eigenvalue weighted by Gasteiger charge is 2.30. The second-order valence-electron chi connectivity index (χ2n) is 9.28. The van der Waals surface area contributed by atoms with Crippen LogP contribution >= 0.6 is 0 Å². The van der Waals surface area contributed by atoms with Gasteiger partial charge in [-0.15, -0.1) is 5.10 Å². The first kappa shape index (κ1) is 25.4. The van der Waals surface area contributed by atoms with Crippen molar-refractivity contribution in [2.45, 2.75) is 69.1 Å². The van der Waals surface area contributed by atoms with Crippen molar-refractivity contribution in [2.24, 2.45) is 5.92 Å². The maximum absolute atomic E-state index is 12.8. The molecule has 0 radical (unpaired) electrons. The Kier molecular flexibility index (Phi) is 7.05. The van der Waals surface area contributed by atoms with Gasteiger partial charge in [-0.3, -0.25) is 0 Å². The maximum atomic E-state index is 12.8. The van der Waals surface area contributed by atoms with Crippen LogP contribution in [0.1, 0.15) is 57.6 Å². The van der Waals surface area contributed by atoms with Crippen LogP contribution < -0.4 is 10.0 Å². The Morgan fingerprint density at radius 3 is 2.46 bits per heavy atom. The molecule has 1 atom stereocenters. The minimum Gasteiger partial charge on any atom is -0.350 e. The van der Waals surface area contributed by atoms with Gasteiger partial charge in [-0.25, -0.2) is 27.6 Å². The summed E-state index contributed by atoms with van der Waals surface area (Å²) in [6.07, 6.45) is 1.94. The molecule has 35 heavy (non-hydrogen) atoms. The fourth-order valence-corrected chi connectivity index (χ4v) is 5.23. The summed E-state index contributed by atoms with van der Waals surface area (Å²) >= 11 is 0. The predicted octanol–water partition coefficient (Wildman–Crippen LogP) is 4.75. The number of sulfonamides is 1. The van der Waals surface area contributed by atoms with Gasteiger partial charge < -0.3 is 5.32 Å². The molecule has 0 bridgehead atoms. The molecule has 1 fully saturated rings. The number of rotatable bonds is 7. The lowest BCUT2D eigenvalue weighted by molar-refractivity contribution is -0.136. The van der Waals surface area contributed by atoms with Crippen LogP contribution in [-0.4, -0.2) is 47.3 Å². The molecule has 3 heterocycles. The third-order valence-electron chi connectivity index (χ3n) is 6.48. The number of anilines is 1. The summed E-state index contributed by atoms with van der Waals surface area (Å²) in [6, 6.07) is 4.24. The summed E-state index contributed by atoms with van der Waals surface area (Å²) in [5.74, 6) is 1.02. The Hall–Kier alpha value is -2.73. The SMILES string of the molecule is CNS(=O)(=O)c1ccc(-c2cc(C3CCC(C)CC3)n3nc(N[C@@H](C)CC(F)(F)F)ncc23)cn1. The first-order valence-corrected chi connectivity index (χ1v) is 13.1. The minimum absolute atomic E-state index is 0.0878. The smallest absolute Gasteiger partial charge is 0.350 e. The van der Waals surface area contributed by atoms with Gasteiger partial charge in [-0.1, -0.05) is 19.8 Å². The van der Waals surface area contributed by atoms with Gasteiger partial charge in [0, 0.05) is 35.0 Å². The number of aromatic nitrogens is 4. The number of pyridine rings is 1. The van der Waals surface area contributed by atoms with E-state index < -0.39 is 28.7 Å². The zero-order chi connectivity index (χ0) is 25.4. The third-order valence-corrected chi connectivity index (χ3v) is 7.81. The topological polar surface area (TPSA) is 101 Å². The number of fused-ring (bicyclic) bond motifs is 1. The molecule has 2 N–H and O–H groups in total. The number of hydrogen-bond acceptors (Lipinski definition) is 6. The highest BCUT2D eigenvalue weighted by atomic mass is 32.2. The van der Waals surface area contributed by atoms with E-state index in [9.17, 15) is 21.6 Å². The Balaban J connectivity index is 1.74. The van der Waals surface area contributed by atoms with Crippen molar-refractivity contribution in [1.29, 1.82) is 0 Å². The molecule has 0 aliphatic heterocycles. The molecule has 190 valence electrons. The van der Waals surface area contributed by atoms with Crippen LogP contribution in [0.5, 0.6) is 0 Å². The van der Waals surface area contributed by atoms with Crippen LogP contribution in [0.3, 0.4) is 0 Å². The van der Waals surface area contributed by atoms with Crippen molar-refractivity contribution in [3.05, 3.63) is 36.3 Å². The van der Waals surface area contributed by atoms with Gasteiger partial charge in [0.2, 0.25) is 5.95 Å². The molecule has 3 aromatic rings. The van der Waals surface area contributed by atoms with Crippen LogP contribution in [0.2, 0.25) is 0 Å². The Labute approximate surface area is 202 Å². The molecule has 0 spiro atoms. The van der Waals surface area contributed by atoms with E-state index in [-0.39, 0.29) is 16.9 Å². The number of nitrogens with zero attached hydrogens (tertiary/aromatic N) is 4. The van der Waals surface area contributed by atoms with Crippen LogP contribution in [0.4, 0.5) is 19.1 Å². The molecule has 12 heteroatoms. The largest absolute Gasteiger partial charge is 0.391 e. The van der Waals surface area contributed by atoms with Crippen LogP contribution in [0, 0.1) is 5.92 Å². The fourth-order valence-electron chi connectivity index (χ4n) is 4.58. The van der Waals surface area contributed by atoms with Crippen molar-refractivity contribution < 1.29 is 21.6 Å². The highest BCUT2D eigenvalue weighted by Crippen LogP contribution is 2.39. The van der Waals surface area contributed by atoms with E-state index in [1.165, 1.54) is 26.2 Å². The molecular formula is C23H29F3N6O2S. The Morgan fingerprint density at radius 2 is 1.86 bits per heavy atom. The maximum Gasteiger partial charge on any atom is 0.391 e. The zero-order valence-corrected chi connectivity index (χ0v) is 20.6. The van der Waals surface area contributed by atoms with Crippen molar-refractivity contribution in [3.63, 3.8) is 0 Å². The number of hydrogen-bond donors (Lipinski definition) is 2. The van der Waals surface area contributed by atoms with Crippen molar-refractivity contribution in [2.75, 3.05) is 12.4 Å². The third kappa shape index (κ3) is 5.75. The number of nitrogens with one attached hydrogen (secondary N) is 2. The predicted molar refractivity (Wildman–Crippen MR) is 127 cm³/mol. The van der Waals surface area contributed by atoms with E-state index in [0.29, 0.717) is 17.0 Å². The van der Waals surface area contributed by atoms with Gasteiger partial charge in [0.1, 0.15) is 0 Å². The summed E-state index contributed by atoms with van der Waals surface area (Å²) < 4.78 is 66.4. The standard InChI is InChI=1S/C23H29F3N6O2S/c1-14-4-6-16(7-5-14)19-10-18(17-8-9-21(28-12-17)35(33,34)27-3)20-13-29-22(31-32(19)20)30-15(2)11-23(24,25)26/h8-10,12-16,27H,4-7,11H2,1-3H3,(H,30,31)/t14?,15-,16?/m0/s1. The lowest BCUT2D eigenvalue weighted by Crippen LogP contribution is -2.25. The first-order valence-electron chi connectivity index (χ1n) is 11.6. The molecule has 8 nitrogen and oxygen atoms in total. The quantitative estimate of drug-likeness (QED) is 0.476. The Morgan fingerprint density at radius 1 is 1.14 bits per heavy atom. The molecule has 4 rings (SSSR count). The van der Waals surface area contributed by atoms with E-state index in [1.54, 1.807) is 16.8 Å². The van der Waals surface area contributed by atoms with Crippen LogP contribution in [-0.2, 0) is 10.0 Å². The molecule has 0 saturated heterocycles. The molecule has 0 aromatic carbocycles. The van der Waals surface area contributed by atoms with E-state index in [4.69, 9.17) is 0 Å². The van der Waals surface area contributed by atoms with Gasteiger partial charge in [-0.2, -0.15) is 13.2 Å². The van der Waals surface area contributed by atoms with Crippen LogP contribution in [0.25, 0.3) is 16.6 Å². The highest BCUT2D eigenvalue weighted by molar-refractivity contribution is 7.89. The van der Waals surface area contributed by atoms with Gasteiger partial charge in [0.05, 0.1) is 18.1 Å². The lowest BCUT2D eigenvalue weighted by atomic mass is 9.81. The summed E-state index contributed by atoms with van der Waals surface area (Å²) in [7, 11) is -2.34. The molecule has 0 amide bonds. The average Bonchev–Trinajstić information content (AvgIpc) is 3.17. The van der Waals surface area contributed by atoms with E-state index >= 15 is 0 Å². The van der Waals surface area contributed by atoms with E-state index in [1.807, 2.05) is 6.07 Å². The van der Waals surface area contributed by atoms with Crippen molar-refractivity contribution >= 4 is 21.5 Å². The summed E-state index contributed by atoms with van der Waals surface area (Å²) in [6.45, 7) is 3.68. The molecule has 0 unspecified atom stereocenters. The summed E-state index contributed by atoms with van der Waals surface area (Å²) in [4.78, 5) is 8.37. The lowest BCUT2D eigenvalue weighted by Gasteiger charge is -2.25. The molecule has 1 saturated carbocycles. The minimum atomic E-state index is -4.29. The molecular weight excluding hydrogens is 481 g/mol.